The summed E-state index contributed by atoms with van der Waals surface area (Å²) in [6.07, 6.45) is 2.03. The molecule has 1 N–H and O–H groups in total. The third-order valence-electron chi connectivity index (χ3n) is 1.52. The molecular weight excluding hydrogens is 172 g/mol. The number of allylic oxidation sites excluding steroid dienone is 1. The van der Waals surface area contributed by atoms with Crippen LogP contribution in [0.2, 0.25) is 0 Å². The lowest BCUT2D eigenvalue weighted by atomic mass is 10.1. The summed E-state index contributed by atoms with van der Waals surface area (Å²) in [5.74, 6) is -0.875. The van der Waals surface area contributed by atoms with Crippen molar-refractivity contribution in [2.75, 3.05) is 0 Å². The van der Waals surface area contributed by atoms with E-state index >= 15 is 0 Å². The van der Waals surface area contributed by atoms with Gasteiger partial charge in [-0.15, -0.1) is 11.3 Å². The number of carboxylic acids is 1. The molecule has 0 aliphatic rings. The lowest BCUT2D eigenvalue weighted by molar-refractivity contribution is -0.131. The average Bonchev–Trinajstić information content (AvgIpc) is 2.51. The molecule has 0 fully saturated rings. The van der Waals surface area contributed by atoms with Crippen LogP contribution in [0.5, 0.6) is 0 Å². The Balaban J connectivity index is 2.91. The summed E-state index contributed by atoms with van der Waals surface area (Å²) < 4.78 is 0. The molecule has 64 valence electrons. The second-order valence-electron chi connectivity index (χ2n) is 2.34. The van der Waals surface area contributed by atoms with Crippen LogP contribution in [0.15, 0.2) is 23.6 Å². The highest BCUT2D eigenvalue weighted by molar-refractivity contribution is 7.11. The second-order valence-corrected chi connectivity index (χ2v) is 3.29. The van der Waals surface area contributed by atoms with E-state index in [1.165, 1.54) is 6.08 Å². The molecule has 0 amide bonds. The van der Waals surface area contributed by atoms with Crippen molar-refractivity contribution in [3.63, 3.8) is 0 Å². The third kappa shape index (κ3) is 2.20. The van der Waals surface area contributed by atoms with Crippen molar-refractivity contribution in [1.29, 1.82) is 0 Å². The van der Waals surface area contributed by atoms with Gasteiger partial charge in [0.1, 0.15) is 0 Å². The summed E-state index contributed by atoms with van der Waals surface area (Å²) in [7, 11) is 0. The minimum absolute atomic E-state index is 0.757. The molecule has 0 radical (unpaired) electrons. The predicted molar refractivity (Wildman–Crippen MR) is 50.2 cm³/mol. The van der Waals surface area contributed by atoms with Crippen LogP contribution in [0.1, 0.15) is 18.2 Å². The minimum Gasteiger partial charge on any atom is -0.478 e. The topological polar surface area (TPSA) is 37.3 Å². The van der Waals surface area contributed by atoms with Crippen LogP contribution in [-0.4, -0.2) is 11.1 Å². The largest absolute Gasteiger partial charge is 0.478 e. The maximum atomic E-state index is 10.4. The number of hydrogen-bond donors (Lipinski definition) is 1. The van der Waals surface area contributed by atoms with Crippen LogP contribution in [0.4, 0.5) is 0 Å². The number of carbonyl (C=O) groups is 1. The van der Waals surface area contributed by atoms with Gasteiger partial charge in [-0.1, -0.05) is 13.0 Å². The van der Waals surface area contributed by atoms with E-state index < -0.39 is 5.97 Å². The number of carboxylic acid groups (broad SMARTS) is 1. The summed E-state index contributed by atoms with van der Waals surface area (Å²) in [4.78, 5) is 11.4. The minimum atomic E-state index is -0.875. The summed E-state index contributed by atoms with van der Waals surface area (Å²) in [5, 5.41) is 10.5. The van der Waals surface area contributed by atoms with Crippen molar-refractivity contribution in [3.05, 3.63) is 28.5 Å². The highest BCUT2D eigenvalue weighted by atomic mass is 32.1. The molecule has 3 heteroatoms. The highest BCUT2D eigenvalue weighted by Gasteiger charge is 2.01. The lowest BCUT2D eigenvalue weighted by Gasteiger charge is -1.97. The first-order valence-corrected chi connectivity index (χ1v) is 4.59. The molecule has 1 aromatic rings. The molecule has 0 saturated carbocycles. The van der Waals surface area contributed by atoms with Crippen LogP contribution in [0.25, 0.3) is 5.57 Å². The fourth-order valence-corrected chi connectivity index (χ4v) is 1.77. The zero-order chi connectivity index (χ0) is 8.97. The van der Waals surface area contributed by atoms with Crippen molar-refractivity contribution < 1.29 is 9.90 Å². The molecule has 1 rings (SSSR count). The van der Waals surface area contributed by atoms with Gasteiger partial charge in [-0.25, -0.2) is 4.79 Å². The molecule has 1 aromatic heterocycles. The summed E-state index contributed by atoms with van der Waals surface area (Å²) in [6.45, 7) is 1.95. The zero-order valence-electron chi connectivity index (χ0n) is 6.78. The Kier molecular flexibility index (Phi) is 3.05. The van der Waals surface area contributed by atoms with Crippen LogP contribution in [-0.2, 0) is 4.79 Å². The van der Waals surface area contributed by atoms with Crippen molar-refractivity contribution in [2.24, 2.45) is 0 Å². The third-order valence-corrected chi connectivity index (χ3v) is 2.46. The van der Waals surface area contributed by atoms with Gasteiger partial charge in [-0.2, -0.15) is 0 Å². The van der Waals surface area contributed by atoms with E-state index in [9.17, 15) is 4.79 Å². The predicted octanol–water partition coefficient (Wildman–Crippen LogP) is 2.63. The van der Waals surface area contributed by atoms with Crippen molar-refractivity contribution in [1.82, 2.24) is 0 Å². The van der Waals surface area contributed by atoms with E-state index in [0.717, 1.165) is 16.9 Å². The zero-order valence-corrected chi connectivity index (χ0v) is 7.60. The SMILES string of the molecule is CCC(=CC(=O)O)c1cccs1. The molecule has 0 unspecified atom stereocenters. The lowest BCUT2D eigenvalue weighted by Crippen LogP contribution is -1.89. The first-order chi connectivity index (χ1) is 5.74. The van der Waals surface area contributed by atoms with E-state index in [4.69, 9.17) is 5.11 Å². The Labute approximate surface area is 75.2 Å². The van der Waals surface area contributed by atoms with Gasteiger partial charge in [-0.3, -0.25) is 0 Å². The molecule has 0 aromatic carbocycles. The summed E-state index contributed by atoms with van der Waals surface area (Å²) in [5.41, 5.74) is 0.887. The summed E-state index contributed by atoms with van der Waals surface area (Å²) in [6, 6.07) is 3.86. The smallest absolute Gasteiger partial charge is 0.328 e. The van der Waals surface area contributed by atoms with Gasteiger partial charge >= 0.3 is 5.97 Å². The first-order valence-electron chi connectivity index (χ1n) is 3.71. The van der Waals surface area contributed by atoms with Gasteiger partial charge in [-0.05, 0) is 23.4 Å². The number of hydrogen-bond acceptors (Lipinski definition) is 2. The fourth-order valence-electron chi connectivity index (χ4n) is 0.958. The van der Waals surface area contributed by atoms with E-state index in [1.54, 1.807) is 11.3 Å². The highest BCUT2D eigenvalue weighted by Crippen LogP contribution is 2.22. The molecule has 0 atom stereocenters. The van der Waals surface area contributed by atoms with Gasteiger partial charge in [0.05, 0.1) is 0 Å². The van der Waals surface area contributed by atoms with Crippen molar-refractivity contribution in [3.8, 4) is 0 Å². The fraction of sp³-hybridized carbons (Fsp3) is 0.222. The summed E-state index contributed by atoms with van der Waals surface area (Å²) >= 11 is 1.57. The van der Waals surface area contributed by atoms with Crippen LogP contribution >= 0.6 is 11.3 Å². The van der Waals surface area contributed by atoms with Crippen LogP contribution in [0, 0.1) is 0 Å². The van der Waals surface area contributed by atoms with Gasteiger partial charge in [0.15, 0.2) is 0 Å². The normalized spacial score (nSPS) is 11.6. The molecule has 0 spiro atoms. The van der Waals surface area contributed by atoms with Crippen LogP contribution < -0.4 is 0 Å². The molecule has 2 nitrogen and oxygen atoms in total. The average molecular weight is 182 g/mol. The molecule has 1 heterocycles. The Hall–Kier alpha value is -1.09. The Morgan fingerprint density at radius 3 is 2.92 bits per heavy atom. The van der Waals surface area contributed by atoms with Gasteiger partial charge < -0.3 is 5.11 Å². The molecular formula is C9H10O2S. The second kappa shape index (κ2) is 4.07. The quantitative estimate of drug-likeness (QED) is 0.729. The molecule has 0 aliphatic heterocycles. The molecule has 12 heavy (non-hydrogen) atoms. The van der Waals surface area contributed by atoms with Gasteiger partial charge in [0.2, 0.25) is 0 Å². The Bertz CT molecular complexity index is 285. The first kappa shape index (κ1) is 9.00. The van der Waals surface area contributed by atoms with Crippen molar-refractivity contribution in [2.45, 2.75) is 13.3 Å². The Morgan fingerprint density at radius 1 is 1.75 bits per heavy atom. The van der Waals surface area contributed by atoms with E-state index in [-0.39, 0.29) is 0 Å². The van der Waals surface area contributed by atoms with Gasteiger partial charge in [0, 0.05) is 11.0 Å². The maximum Gasteiger partial charge on any atom is 0.328 e. The monoisotopic (exact) mass is 182 g/mol. The van der Waals surface area contributed by atoms with Gasteiger partial charge in [0.25, 0.3) is 0 Å². The molecule has 0 aliphatic carbocycles. The number of thiophene rings is 1. The standard InChI is InChI=1S/C9H10O2S/c1-2-7(6-9(10)11)8-4-3-5-12-8/h3-6H,2H2,1H3,(H,10,11). The van der Waals surface area contributed by atoms with Crippen molar-refractivity contribution >= 4 is 22.9 Å². The number of aliphatic carboxylic acids is 1. The van der Waals surface area contributed by atoms with Crippen LogP contribution in [0.3, 0.4) is 0 Å². The Morgan fingerprint density at radius 2 is 2.50 bits per heavy atom. The number of rotatable bonds is 3. The molecule has 0 bridgehead atoms. The van der Waals surface area contributed by atoms with E-state index in [0.29, 0.717) is 0 Å². The maximum absolute atomic E-state index is 10.4. The van der Waals surface area contributed by atoms with E-state index in [1.807, 2.05) is 24.4 Å². The molecule has 0 saturated heterocycles. The van der Waals surface area contributed by atoms with E-state index in [2.05, 4.69) is 0 Å².